The van der Waals surface area contributed by atoms with Crippen LogP contribution in [0.5, 0.6) is 5.75 Å². The van der Waals surface area contributed by atoms with Gasteiger partial charge in [-0.15, -0.1) is 0 Å². The lowest BCUT2D eigenvalue weighted by Crippen LogP contribution is -2.34. The van der Waals surface area contributed by atoms with Gasteiger partial charge in [-0.2, -0.15) is 23.5 Å². The molecule has 0 saturated heterocycles. The van der Waals surface area contributed by atoms with Crippen LogP contribution in [0, 0.1) is 32.5 Å². The number of phenolic OH excluding ortho intramolecular Hbond substituents is 1. The van der Waals surface area contributed by atoms with E-state index >= 15 is 0 Å². The second-order valence-corrected chi connectivity index (χ2v) is 25.4. The van der Waals surface area contributed by atoms with Crippen LogP contribution in [0.1, 0.15) is 108 Å². The number of carboxylic acids is 11. The quantitative estimate of drug-likeness (QED) is 0.0164. The highest BCUT2D eigenvalue weighted by Gasteiger charge is 2.17. The Morgan fingerprint density at radius 3 is 0.627 bits per heavy atom. The number of carbonyl (C=O) groups is 12. The van der Waals surface area contributed by atoms with E-state index in [1.165, 1.54) is 12.1 Å². The number of carbonyl (C=O) groups excluding carboxylic acids is 1. The summed E-state index contributed by atoms with van der Waals surface area (Å²) in [6.07, 6.45) is 11.2. The highest BCUT2D eigenvalue weighted by Crippen LogP contribution is 2.11. The second kappa shape index (κ2) is 84.9. The van der Waals surface area contributed by atoms with E-state index in [1.54, 1.807) is 35.7 Å². The normalized spacial score (nSPS) is 12.1. The number of benzene rings is 1. The Hall–Kier alpha value is -11.5. The molecule has 0 aliphatic carbocycles. The predicted octanol–water partition coefficient (Wildman–Crippen LogP) is -9.69. The number of hydrogen-bond acceptors (Lipinski definition) is 32. The fourth-order valence-corrected chi connectivity index (χ4v) is 7.12. The van der Waals surface area contributed by atoms with Gasteiger partial charge in [0.2, 0.25) is 5.91 Å². The van der Waals surface area contributed by atoms with E-state index in [4.69, 9.17) is 191 Å². The molecule has 1 amide bonds. The van der Waals surface area contributed by atoms with Crippen molar-refractivity contribution < 1.29 is 119 Å². The monoisotopic (exact) mass is 1740 g/mol. The summed E-state index contributed by atoms with van der Waals surface area (Å²) in [6.45, 7) is 2.62. The largest absolute Gasteiger partial charge is 0.508 e. The highest BCUT2D eigenvalue weighted by molar-refractivity contribution is 7.98. The Balaban J connectivity index is -0.000000137. The van der Waals surface area contributed by atoms with E-state index in [2.05, 4.69) is 37.6 Å². The number of amides is 1. The number of guanidine groups is 6. The van der Waals surface area contributed by atoms with E-state index < -0.39 is 132 Å². The Morgan fingerprint density at radius 1 is 0.314 bits per heavy atom. The van der Waals surface area contributed by atoms with Crippen LogP contribution in [0.4, 0.5) is 0 Å². The zero-order chi connectivity index (χ0) is 94.2. The van der Waals surface area contributed by atoms with Gasteiger partial charge in [-0.1, -0.05) is 12.1 Å². The fraction of sp³-hybridized carbons (Fsp3) is 0.613. The molecule has 54 nitrogen and oxygen atoms in total. The molecule has 1 aromatic rings. The topological polar surface area (TPSA) is 1130 Å². The maximum atomic E-state index is 10.4. The lowest BCUT2D eigenvalue weighted by molar-refractivity contribution is -0.139. The van der Waals surface area contributed by atoms with Crippen molar-refractivity contribution in [1.82, 2.24) is 31.9 Å². The zero-order valence-corrected chi connectivity index (χ0v) is 67.6. The average Bonchev–Trinajstić information content (AvgIpc) is 0.907. The van der Waals surface area contributed by atoms with Gasteiger partial charge >= 0.3 is 65.7 Å². The van der Waals surface area contributed by atoms with Crippen molar-refractivity contribution in [1.29, 1.82) is 32.5 Å². The van der Waals surface area contributed by atoms with Crippen molar-refractivity contribution >= 4 is 131 Å². The maximum Gasteiger partial charge on any atom is 0.320 e. The molecule has 1 rings (SSSR count). The third-order valence-electron chi connectivity index (χ3n) is 12.8. The number of carboxylic acid groups (broad SMARTS) is 11. The third kappa shape index (κ3) is 113. The van der Waals surface area contributed by atoms with Crippen molar-refractivity contribution in [2.24, 2.45) is 103 Å². The molecule has 0 radical (unpaired) electrons. The number of aromatic hydroxyl groups is 1. The molecule has 118 heavy (non-hydrogen) atoms. The van der Waals surface area contributed by atoms with Gasteiger partial charge in [-0.3, -0.25) is 90.0 Å². The van der Waals surface area contributed by atoms with Crippen LogP contribution in [-0.2, 0) is 64.0 Å². The third-order valence-corrected chi connectivity index (χ3v) is 14.0. The number of nitrogens with one attached hydrogen (secondary N) is 12. The van der Waals surface area contributed by atoms with Crippen molar-refractivity contribution in [3.05, 3.63) is 29.8 Å². The molecule has 0 saturated carbocycles. The number of primary amides is 1. The summed E-state index contributed by atoms with van der Waals surface area (Å²) >= 11 is 3.21. The molecule has 0 heterocycles. The molecular formula is C62H132N30O24S2. The molecule has 10 atom stereocenters. The van der Waals surface area contributed by atoms with Gasteiger partial charge in [0.1, 0.15) is 66.2 Å². The van der Waals surface area contributed by atoms with Crippen LogP contribution in [0.15, 0.2) is 24.3 Å². The first kappa shape index (κ1) is 127. The summed E-state index contributed by atoms with van der Waals surface area (Å²) in [6, 6.07) is -1.84. The molecule has 0 aliphatic heterocycles. The minimum atomic E-state index is -1.11. The van der Waals surface area contributed by atoms with Crippen LogP contribution in [0.25, 0.3) is 0 Å². The van der Waals surface area contributed by atoms with Gasteiger partial charge < -0.3 is 196 Å². The molecule has 1 aromatic carbocycles. The Bertz CT molecular complexity index is 2700. The van der Waals surface area contributed by atoms with Gasteiger partial charge in [0, 0.05) is 45.7 Å². The standard InChI is InChI=1S/C9H11NO3.6C6H14N4O2.C5H10N2O3.2C5H11NO2S.C2H5NO2/c10-8(9(12)13)5-6-1-3-7(11)4-2-6;6*7-4(5(11)12)2-1-3-10-6(8)9;6-3(5(9)10)1-2-4(7)8;2*1-9-3-2-4(6)5(7)8;3-1-2(4)5/h1-4,8,11H,5,10H2,(H,12,13);6*4H,1-3,7H2,(H,11,12)(H4,8,9,10);3H,1-2,6H2,(H2,7,8)(H,9,10);2*4H,2-3,6H2,1H3,(H,7,8);1,3H2,(H,4,5)/t8-;6*4-;3-;2*4-;/m0000000000./s1. The van der Waals surface area contributed by atoms with Crippen molar-refractivity contribution in [3.8, 4) is 5.75 Å². The summed E-state index contributed by atoms with van der Waals surface area (Å²) in [5.74, 6) is -10.4. The molecule has 0 fully saturated rings. The predicted molar refractivity (Wildman–Crippen MR) is 444 cm³/mol. The van der Waals surface area contributed by atoms with Crippen LogP contribution in [-0.4, -0.2) is 299 Å². The van der Waals surface area contributed by atoms with E-state index in [0.717, 1.165) is 17.1 Å². The molecule has 60 N–H and O–H groups in total. The number of hydrogen-bond donors (Lipinski definition) is 42. The Kier molecular flexibility index (Phi) is 91.6. The van der Waals surface area contributed by atoms with Crippen LogP contribution < -0.4 is 135 Å². The Labute approximate surface area is 689 Å². The molecule has 0 aromatic heterocycles. The highest BCUT2D eigenvalue weighted by atomic mass is 32.2. The minimum absolute atomic E-state index is 0.0213. The molecule has 0 bridgehead atoms. The van der Waals surface area contributed by atoms with Crippen molar-refractivity contribution in [3.63, 3.8) is 0 Å². The first-order chi connectivity index (χ1) is 54.5. The fourth-order valence-electron chi connectivity index (χ4n) is 6.14. The number of thioether (sulfide) groups is 2. The van der Waals surface area contributed by atoms with E-state index in [9.17, 15) is 57.5 Å². The lowest BCUT2D eigenvalue weighted by Gasteiger charge is -2.06. The van der Waals surface area contributed by atoms with Crippen molar-refractivity contribution in [2.75, 3.05) is 69.8 Å². The number of phenols is 1. The van der Waals surface area contributed by atoms with Gasteiger partial charge in [0.05, 0.1) is 6.54 Å². The number of nitrogens with two attached hydrogens (primary N) is 18. The summed E-state index contributed by atoms with van der Waals surface area (Å²) in [7, 11) is 0. The SMILES string of the molecule is CSCC[C@H](N)C(=O)O.CSCC[C@H](N)C(=O)O.N=C(N)NCCC[C@H](N)C(=O)O.N=C(N)NCCC[C@H](N)C(=O)O.N=C(N)NCCC[C@H](N)C(=O)O.N=C(N)NCCC[C@H](N)C(=O)O.N=C(N)NCCC[C@H](N)C(=O)O.N=C(N)NCCC[C@H](N)C(=O)O.NC(=O)CC[C@H](N)C(=O)O.NCC(=O)O.N[C@@H](Cc1ccc(O)cc1)C(=O)O. The average molecular weight is 1750 g/mol. The first-order valence-corrected chi connectivity index (χ1v) is 37.5. The molecule has 0 unspecified atom stereocenters. The summed E-state index contributed by atoms with van der Waals surface area (Å²) in [5, 5.41) is 156. The van der Waals surface area contributed by atoms with E-state index in [1.807, 2.05) is 12.5 Å². The van der Waals surface area contributed by atoms with Crippen molar-refractivity contribution in [2.45, 2.75) is 170 Å². The first-order valence-electron chi connectivity index (χ1n) is 34.8. The molecule has 56 heteroatoms. The van der Waals surface area contributed by atoms with Gasteiger partial charge in [0.15, 0.2) is 35.8 Å². The maximum absolute atomic E-state index is 10.4. The minimum Gasteiger partial charge on any atom is -0.508 e. The van der Waals surface area contributed by atoms with Gasteiger partial charge in [0.25, 0.3) is 0 Å². The van der Waals surface area contributed by atoms with Crippen LogP contribution >= 0.6 is 23.5 Å². The van der Waals surface area contributed by atoms with Crippen LogP contribution in [0.2, 0.25) is 0 Å². The lowest BCUT2D eigenvalue weighted by atomic mass is 10.1. The van der Waals surface area contributed by atoms with E-state index in [-0.39, 0.29) is 67.3 Å². The summed E-state index contributed by atoms with van der Waals surface area (Å²) < 4.78 is 0. The second-order valence-electron chi connectivity index (χ2n) is 23.4. The Morgan fingerprint density at radius 2 is 0.483 bits per heavy atom. The number of aliphatic carboxylic acids is 11. The molecule has 686 valence electrons. The molecule has 0 aliphatic rings. The van der Waals surface area contributed by atoms with Gasteiger partial charge in [-0.25, -0.2) is 0 Å². The number of rotatable bonds is 46. The zero-order valence-electron chi connectivity index (χ0n) is 65.9. The van der Waals surface area contributed by atoms with E-state index in [0.29, 0.717) is 129 Å². The molecule has 0 spiro atoms. The van der Waals surface area contributed by atoms with Crippen LogP contribution in [0.3, 0.4) is 0 Å². The van der Waals surface area contributed by atoms with Gasteiger partial charge in [-0.05, 0) is 144 Å². The molecular weight excluding hydrogens is 1610 g/mol. The summed E-state index contributed by atoms with van der Waals surface area (Å²) in [5.41, 5.74) is 92.2. The summed E-state index contributed by atoms with van der Waals surface area (Å²) in [4.78, 5) is 121. The smallest absolute Gasteiger partial charge is 0.320 e.